The van der Waals surface area contributed by atoms with E-state index in [2.05, 4.69) is 10.6 Å². The van der Waals surface area contributed by atoms with E-state index in [0.29, 0.717) is 6.42 Å². The van der Waals surface area contributed by atoms with Gasteiger partial charge in [-0.15, -0.1) is 0 Å². The van der Waals surface area contributed by atoms with Gasteiger partial charge in [0.05, 0.1) is 12.5 Å². The molecule has 1 rings (SSSR count). The number of carbonyl (C=O) groups excluding carboxylic acids is 1. The summed E-state index contributed by atoms with van der Waals surface area (Å²) in [5.74, 6) is 0.00732. The summed E-state index contributed by atoms with van der Waals surface area (Å²) < 4.78 is 10.4. The Kier molecular flexibility index (Phi) is 6.32. The van der Waals surface area contributed by atoms with Gasteiger partial charge in [0.25, 0.3) is 0 Å². The Morgan fingerprint density at radius 1 is 1.21 bits per heavy atom. The van der Waals surface area contributed by atoms with Gasteiger partial charge in [-0.3, -0.25) is 4.79 Å². The van der Waals surface area contributed by atoms with Gasteiger partial charge in [0, 0.05) is 27.0 Å². The summed E-state index contributed by atoms with van der Waals surface area (Å²) >= 11 is 0. The number of carbonyl (C=O) groups is 1. The predicted octanol–water partition coefficient (Wildman–Crippen LogP) is 1.39. The minimum Gasteiger partial charge on any atom is -0.377 e. The summed E-state index contributed by atoms with van der Waals surface area (Å²) in [5, 5.41) is 5.89. The third-order valence-corrected chi connectivity index (χ3v) is 2.86. The van der Waals surface area contributed by atoms with Gasteiger partial charge in [0.1, 0.15) is 0 Å². The Labute approximate surface area is 114 Å². The van der Waals surface area contributed by atoms with Crippen LogP contribution in [-0.2, 0) is 20.7 Å². The Morgan fingerprint density at radius 2 is 1.79 bits per heavy atom. The van der Waals surface area contributed by atoms with E-state index in [9.17, 15) is 4.79 Å². The van der Waals surface area contributed by atoms with Crippen LogP contribution < -0.4 is 10.6 Å². The van der Waals surface area contributed by atoms with E-state index in [1.165, 1.54) is 0 Å². The third-order valence-electron chi connectivity index (χ3n) is 2.86. The Morgan fingerprint density at radius 3 is 2.26 bits per heavy atom. The maximum atomic E-state index is 11.3. The molecule has 1 aromatic carbocycles. The second kappa shape index (κ2) is 7.76. The maximum Gasteiger partial charge on any atom is 0.224 e. The summed E-state index contributed by atoms with van der Waals surface area (Å²) in [4.78, 5) is 11.3. The molecule has 2 N–H and O–H groups in total. The Hall–Kier alpha value is -1.59. The maximum absolute atomic E-state index is 11.3. The number of hydrogen-bond acceptors (Lipinski definition) is 4. The van der Waals surface area contributed by atoms with Crippen LogP contribution in [0.15, 0.2) is 24.3 Å². The number of nitrogens with one attached hydrogen (secondary N) is 2. The van der Waals surface area contributed by atoms with Crippen LogP contribution in [-0.4, -0.2) is 39.5 Å². The minimum absolute atomic E-state index is 0.00732. The van der Waals surface area contributed by atoms with Gasteiger partial charge < -0.3 is 20.1 Å². The van der Waals surface area contributed by atoms with E-state index in [4.69, 9.17) is 9.47 Å². The number of rotatable bonds is 7. The first kappa shape index (κ1) is 15.5. The first-order valence-electron chi connectivity index (χ1n) is 6.22. The summed E-state index contributed by atoms with van der Waals surface area (Å²) in [7, 11) is 4.85. The summed E-state index contributed by atoms with van der Waals surface area (Å²) in [5.41, 5.74) is 1.94. The topological polar surface area (TPSA) is 59.6 Å². The molecule has 0 spiro atoms. The van der Waals surface area contributed by atoms with Gasteiger partial charge in [-0.1, -0.05) is 12.1 Å². The minimum atomic E-state index is -0.300. The van der Waals surface area contributed by atoms with Gasteiger partial charge in [-0.05, 0) is 24.6 Å². The number of benzene rings is 1. The van der Waals surface area contributed by atoms with Crippen LogP contribution >= 0.6 is 0 Å². The fourth-order valence-electron chi connectivity index (χ4n) is 1.83. The highest BCUT2D eigenvalue weighted by molar-refractivity contribution is 5.78. The molecule has 0 aliphatic carbocycles. The van der Waals surface area contributed by atoms with E-state index >= 15 is 0 Å². The largest absolute Gasteiger partial charge is 0.377 e. The van der Waals surface area contributed by atoms with E-state index < -0.39 is 0 Å². The van der Waals surface area contributed by atoms with Crippen LogP contribution in [0.2, 0.25) is 0 Å². The molecule has 0 radical (unpaired) electrons. The molecule has 1 aromatic rings. The monoisotopic (exact) mass is 266 g/mol. The molecule has 0 aromatic heterocycles. The summed E-state index contributed by atoms with van der Waals surface area (Å²) in [6, 6.07) is 7.77. The molecule has 0 fully saturated rings. The number of amides is 1. The SMILES string of the molecule is CNC(=O)Cc1ccc(NC(C)C(OC)OC)cc1. The molecular weight excluding hydrogens is 244 g/mol. The molecule has 19 heavy (non-hydrogen) atoms. The number of methoxy groups -OCH3 is 2. The van der Waals surface area contributed by atoms with Crippen molar-refractivity contribution < 1.29 is 14.3 Å². The molecule has 1 unspecified atom stereocenters. The summed E-state index contributed by atoms with van der Waals surface area (Å²) in [6.45, 7) is 1.98. The fraction of sp³-hybridized carbons (Fsp3) is 0.500. The highest BCUT2D eigenvalue weighted by Gasteiger charge is 2.15. The molecule has 5 nitrogen and oxygen atoms in total. The third kappa shape index (κ3) is 4.89. The van der Waals surface area contributed by atoms with Crippen molar-refractivity contribution in [2.24, 2.45) is 0 Å². The molecular formula is C14H22N2O3. The highest BCUT2D eigenvalue weighted by Crippen LogP contribution is 2.13. The molecule has 0 aliphatic heterocycles. The van der Waals surface area contributed by atoms with Crippen molar-refractivity contribution >= 4 is 11.6 Å². The Balaban J connectivity index is 2.59. The number of anilines is 1. The van der Waals surface area contributed by atoms with Gasteiger partial charge in [0.15, 0.2) is 6.29 Å². The number of likely N-dealkylation sites (N-methyl/N-ethyl adjacent to an activating group) is 1. The predicted molar refractivity (Wildman–Crippen MR) is 75.1 cm³/mol. The molecule has 0 bridgehead atoms. The van der Waals surface area contributed by atoms with Crippen molar-refractivity contribution in [3.8, 4) is 0 Å². The first-order chi connectivity index (χ1) is 9.10. The highest BCUT2D eigenvalue weighted by atomic mass is 16.7. The number of hydrogen-bond donors (Lipinski definition) is 2. The molecule has 1 atom stereocenters. The quantitative estimate of drug-likeness (QED) is 0.732. The van der Waals surface area contributed by atoms with E-state index in [1.54, 1.807) is 21.3 Å². The van der Waals surface area contributed by atoms with Crippen LogP contribution in [0.5, 0.6) is 0 Å². The molecule has 0 saturated carbocycles. The molecule has 106 valence electrons. The van der Waals surface area contributed by atoms with E-state index in [0.717, 1.165) is 11.3 Å². The average Bonchev–Trinajstić information content (AvgIpc) is 2.42. The van der Waals surface area contributed by atoms with Gasteiger partial charge in [-0.25, -0.2) is 0 Å². The molecule has 0 aliphatic rings. The fourth-order valence-corrected chi connectivity index (χ4v) is 1.83. The zero-order valence-corrected chi connectivity index (χ0v) is 11.9. The van der Waals surface area contributed by atoms with Crippen LogP contribution in [0, 0.1) is 0 Å². The van der Waals surface area contributed by atoms with Crippen LogP contribution in [0.3, 0.4) is 0 Å². The van der Waals surface area contributed by atoms with Crippen molar-refractivity contribution in [1.82, 2.24) is 5.32 Å². The van der Waals surface area contributed by atoms with Crippen molar-refractivity contribution in [3.05, 3.63) is 29.8 Å². The lowest BCUT2D eigenvalue weighted by atomic mass is 10.1. The Bertz CT molecular complexity index is 388. The van der Waals surface area contributed by atoms with Crippen molar-refractivity contribution in [2.75, 3.05) is 26.6 Å². The molecule has 1 amide bonds. The summed E-state index contributed by atoms with van der Waals surface area (Å²) in [6.07, 6.45) is 0.0935. The van der Waals surface area contributed by atoms with Crippen LogP contribution in [0.25, 0.3) is 0 Å². The second-order valence-electron chi connectivity index (χ2n) is 4.32. The standard InChI is InChI=1S/C14H22N2O3/c1-10(14(18-3)19-4)16-12-7-5-11(6-8-12)9-13(17)15-2/h5-8,10,14,16H,9H2,1-4H3,(H,15,17). The molecule has 0 saturated heterocycles. The van der Waals surface area contributed by atoms with Gasteiger partial charge in [0.2, 0.25) is 5.91 Å². The molecule has 5 heteroatoms. The van der Waals surface area contributed by atoms with Crippen molar-refractivity contribution in [3.63, 3.8) is 0 Å². The van der Waals surface area contributed by atoms with Gasteiger partial charge >= 0.3 is 0 Å². The zero-order chi connectivity index (χ0) is 14.3. The lowest BCUT2D eigenvalue weighted by Crippen LogP contribution is -2.33. The first-order valence-corrected chi connectivity index (χ1v) is 6.22. The normalized spacial score (nSPS) is 12.3. The van der Waals surface area contributed by atoms with E-state index in [1.807, 2.05) is 31.2 Å². The smallest absolute Gasteiger partial charge is 0.224 e. The molecule has 0 heterocycles. The lowest BCUT2D eigenvalue weighted by Gasteiger charge is -2.23. The van der Waals surface area contributed by atoms with Crippen LogP contribution in [0.1, 0.15) is 12.5 Å². The van der Waals surface area contributed by atoms with Gasteiger partial charge in [-0.2, -0.15) is 0 Å². The average molecular weight is 266 g/mol. The lowest BCUT2D eigenvalue weighted by molar-refractivity contribution is -0.119. The van der Waals surface area contributed by atoms with E-state index in [-0.39, 0.29) is 18.2 Å². The van der Waals surface area contributed by atoms with Crippen molar-refractivity contribution in [2.45, 2.75) is 25.7 Å². The van der Waals surface area contributed by atoms with Crippen molar-refractivity contribution in [1.29, 1.82) is 0 Å². The van der Waals surface area contributed by atoms with Crippen LogP contribution in [0.4, 0.5) is 5.69 Å². The second-order valence-corrected chi connectivity index (χ2v) is 4.32. The number of ether oxygens (including phenoxy) is 2. The zero-order valence-electron chi connectivity index (χ0n) is 11.9.